The Bertz CT molecular complexity index is 623. The Hall–Kier alpha value is -2.36. The average molecular weight is 313 g/mol. The van der Waals surface area contributed by atoms with E-state index >= 15 is 0 Å². The number of aromatic nitrogens is 1. The highest BCUT2D eigenvalue weighted by Crippen LogP contribution is 2.23. The van der Waals surface area contributed by atoms with Crippen LogP contribution in [-0.4, -0.2) is 17.6 Å². The van der Waals surface area contributed by atoms with E-state index in [0.29, 0.717) is 18.9 Å². The van der Waals surface area contributed by atoms with Gasteiger partial charge in [-0.2, -0.15) is 0 Å². The van der Waals surface area contributed by atoms with Crippen LogP contribution in [0.3, 0.4) is 0 Å². The van der Waals surface area contributed by atoms with E-state index < -0.39 is 0 Å². The number of nitrogens with zero attached hydrogens (tertiary/aromatic N) is 1. The molecule has 1 heterocycles. The van der Waals surface area contributed by atoms with E-state index in [4.69, 9.17) is 9.47 Å². The first-order chi connectivity index (χ1) is 11.2. The summed E-state index contributed by atoms with van der Waals surface area (Å²) in [6.45, 7) is 4.28. The molecule has 0 spiro atoms. The summed E-state index contributed by atoms with van der Waals surface area (Å²) in [5.74, 6) is 1.30. The Kier molecular flexibility index (Phi) is 6.60. The van der Waals surface area contributed by atoms with Crippen molar-refractivity contribution in [3.05, 3.63) is 53.7 Å². The molecule has 1 aromatic carbocycles. The largest absolute Gasteiger partial charge is 0.466 e. The molecule has 122 valence electrons. The molecule has 0 aliphatic heterocycles. The van der Waals surface area contributed by atoms with Crippen molar-refractivity contribution in [2.75, 3.05) is 6.61 Å². The summed E-state index contributed by atoms with van der Waals surface area (Å²) in [5, 5.41) is 0. The van der Waals surface area contributed by atoms with Crippen molar-refractivity contribution in [2.45, 2.75) is 39.5 Å². The fourth-order valence-corrected chi connectivity index (χ4v) is 2.23. The molecule has 23 heavy (non-hydrogen) atoms. The average Bonchev–Trinajstić information content (AvgIpc) is 2.55. The maximum Gasteiger partial charge on any atom is 0.305 e. The number of hydrogen-bond donors (Lipinski definition) is 0. The topological polar surface area (TPSA) is 48.4 Å². The van der Waals surface area contributed by atoms with Gasteiger partial charge in [-0.05, 0) is 50.3 Å². The molecule has 2 aromatic rings. The molecular formula is C19H23NO3. The Balaban J connectivity index is 1.78. The van der Waals surface area contributed by atoms with Gasteiger partial charge in [0.25, 0.3) is 0 Å². The van der Waals surface area contributed by atoms with Crippen LogP contribution in [0.5, 0.6) is 11.6 Å². The van der Waals surface area contributed by atoms with E-state index in [1.165, 1.54) is 0 Å². The third kappa shape index (κ3) is 5.74. The molecule has 2 rings (SSSR count). The predicted octanol–water partition coefficient (Wildman–Crippen LogP) is 4.46. The zero-order valence-electron chi connectivity index (χ0n) is 13.7. The van der Waals surface area contributed by atoms with Gasteiger partial charge in [0, 0.05) is 18.7 Å². The van der Waals surface area contributed by atoms with Crippen LogP contribution in [0.25, 0.3) is 0 Å². The maximum atomic E-state index is 11.2. The lowest BCUT2D eigenvalue weighted by Gasteiger charge is -2.08. The summed E-state index contributed by atoms with van der Waals surface area (Å²) in [4.78, 5) is 15.6. The number of esters is 1. The van der Waals surface area contributed by atoms with Crippen LogP contribution in [-0.2, 0) is 16.0 Å². The van der Waals surface area contributed by atoms with E-state index in [1.54, 1.807) is 0 Å². The van der Waals surface area contributed by atoms with Gasteiger partial charge in [0.05, 0.1) is 6.61 Å². The Morgan fingerprint density at radius 2 is 1.96 bits per heavy atom. The minimum atomic E-state index is -0.118. The molecule has 1 aromatic heterocycles. The maximum absolute atomic E-state index is 11.2. The second kappa shape index (κ2) is 8.93. The quantitative estimate of drug-likeness (QED) is 0.533. The first-order valence-corrected chi connectivity index (χ1v) is 8.03. The molecule has 0 amide bonds. The third-order valence-electron chi connectivity index (χ3n) is 3.51. The highest BCUT2D eigenvalue weighted by atomic mass is 16.5. The number of para-hydroxylation sites is 1. The molecule has 0 saturated carbocycles. The number of rotatable bonds is 8. The summed E-state index contributed by atoms with van der Waals surface area (Å²) < 4.78 is 10.7. The zero-order chi connectivity index (χ0) is 16.5. The second-order valence-electron chi connectivity index (χ2n) is 5.38. The van der Waals surface area contributed by atoms with Gasteiger partial charge in [-0.15, -0.1) is 0 Å². The number of pyridine rings is 1. The number of unbranched alkanes of at least 4 members (excludes halogenated alkanes) is 1. The standard InChI is InChI=1S/C19H23NO3/c1-3-22-19(21)11-7-5-9-16-12-13-18(20-14-16)23-17-10-6-4-8-15(17)2/h4,6,8,10,12-14H,3,5,7,9,11H2,1-2H3. The Morgan fingerprint density at radius 1 is 1.13 bits per heavy atom. The lowest BCUT2D eigenvalue weighted by atomic mass is 10.1. The molecule has 0 atom stereocenters. The minimum absolute atomic E-state index is 0.118. The summed E-state index contributed by atoms with van der Waals surface area (Å²) in [7, 11) is 0. The number of ether oxygens (including phenoxy) is 2. The molecule has 0 radical (unpaired) electrons. The Morgan fingerprint density at radius 3 is 2.65 bits per heavy atom. The van der Waals surface area contributed by atoms with E-state index in [0.717, 1.165) is 36.1 Å². The van der Waals surface area contributed by atoms with Crippen LogP contribution < -0.4 is 4.74 Å². The molecule has 0 aliphatic rings. The van der Waals surface area contributed by atoms with Crippen LogP contribution >= 0.6 is 0 Å². The van der Waals surface area contributed by atoms with Crippen molar-refractivity contribution >= 4 is 5.97 Å². The first-order valence-electron chi connectivity index (χ1n) is 8.03. The number of carbonyl (C=O) groups is 1. The van der Waals surface area contributed by atoms with Gasteiger partial charge in [-0.1, -0.05) is 24.3 Å². The van der Waals surface area contributed by atoms with Crippen molar-refractivity contribution in [1.82, 2.24) is 4.98 Å². The molecule has 0 N–H and O–H groups in total. The van der Waals surface area contributed by atoms with Crippen molar-refractivity contribution in [3.63, 3.8) is 0 Å². The van der Waals surface area contributed by atoms with Gasteiger partial charge >= 0.3 is 5.97 Å². The second-order valence-corrected chi connectivity index (χ2v) is 5.38. The van der Waals surface area contributed by atoms with Gasteiger partial charge in [0.15, 0.2) is 0 Å². The predicted molar refractivity (Wildman–Crippen MR) is 89.7 cm³/mol. The molecule has 4 nitrogen and oxygen atoms in total. The summed E-state index contributed by atoms with van der Waals surface area (Å²) in [6, 6.07) is 11.8. The monoisotopic (exact) mass is 313 g/mol. The third-order valence-corrected chi connectivity index (χ3v) is 3.51. The minimum Gasteiger partial charge on any atom is -0.466 e. The number of hydrogen-bond acceptors (Lipinski definition) is 4. The lowest BCUT2D eigenvalue weighted by Crippen LogP contribution is -2.03. The van der Waals surface area contributed by atoms with E-state index in [1.807, 2.05) is 56.4 Å². The number of carbonyl (C=O) groups excluding carboxylic acids is 1. The molecule has 0 bridgehead atoms. The fourth-order valence-electron chi connectivity index (χ4n) is 2.23. The van der Waals surface area contributed by atoms with Gasteiger partial charge in [-0.25, -0.2) is 4.98 Å². The SMILES string of the molecule is CCOC(=O)CCCCc1ccc(Oc2ccccc2C)nc1. The molecular weight excluding hydrogens is 290 g/mol. The first kappa shape index (κ1) is 17.0. The number of aryl methyl sites for hydroxylation is 2. The van der Waals surface area contributed by atoms with Crippen molar-refractivity contribution < 1.29 is 14.3 Å². The van der Waals surface area contributed by atoms with Crippen molar-refractivity contribution in [2.24, 2.45) is 0 Å². The van der Waals surface area contributed by atoms with Crippen LogP contribution in [0.1, 0.15) is 37.3 Å². The van der Waals surface area contributed by atoms with E-state index in [2.05, 4.69) is 4.98 Å². The van der Waals surface area contributed by atoms with Crippen molar-refractivity contribution in [1.29, 1.82) is 0 Å². The zero-order valence-corrected chi connectivity index (χ0v) is 13.7. The summed E-state index contributed by atoms with van der Waals surface area (Å²) in [5.41, 5.74) is 2.23. The smallest absolute Gasteiger partial charge is 0.305 e. The normalized spacial score (nSPS) is 10.3. The molecule has 0 saturated heterocycles. The molecule has 0 unspecified atom stereocenters. The fraction of sp³-hybridized carbons (Fsp3) is 0.368. The molecule has 4 heteroatoms. The van der Waals surface area contributed by atoms with Crippen molar-refractivity contribution in [3.8, 4) is 11.6 Å². The van der Waals surface area contributed by atoms with Gasteiger partial charge in [0.1, 0.15) is 5.75 Å². The van der Waals surface area contributed by atoms with Crippen LogP contribution in [0, 0.1) is 6.92 Å². The van der Waals surface area contributed by atoms with Crippen LogP contribution in [0.2, 0.25) is 0 Å². The van der Waals surface area contributed by atoms with Gasteiger partial charge < -0.3 is 9.47 Å². The van der Waals surface area contributed by atoms with Gasteiger partial charge in [0.2, 0.25) is 5.88 Å². The summed E-state index contributed by atoms with van der Waals surface area (Å²) >= 11 is 0. The van der Waals surface area contributed by atoms with E-state index in [9.17, 15) is 4.79 Å². The molecule has 0 aliphatic carbocycles. The Labute approximate surface area is 137 Å². The highest BCUT2D eigenvalue weighted by Gasteiger charge is 2.04. The summed E-state index contributed by atoms with van der Waals surface area (Å²) in [6.07, 6.45) is 4.99. The highest BCUT2D eigenvalue weighted by molar-refractivity contribution is 5.69. The number of benzene rings is 1. The van der Waals surface area contributed by atoms with Crippen LogP contribution in [0.15, 0.2) is 42.6 Å². The lowest BCUT2D eigenvalue weighted by molar-refractivity contribution is -0.143. The molecule has 0 fully saturated rings. The van der Waals surface area contributed by atoms with Gasteiger partial charge in [-0.3, -0.25) is 4.79 Å². The van der Waals surface area contributed by atoms with E-state index in [-0.39, 0.29) is 5.97 Å². The van der Waals surface area contributed by atoms with Crippen LogP contribution in [0.4, 0.5) is 0 Å².